The molecular formula is C48H54O6. The van der Waals surface area contributed by atoms with Gasteiger partial charge in [-0.3, -0.25) is 4.79 Å². The molecule has 4 aromatic carbocycles. The molecule has 0 aromatic heterocycles. The molecule has 0 radical (unpaired) electrons. The van der Waals surface area contributed by atoms with Crippen molar-refractivity contribution >= 4 is 11.8 Å². The van der Waals surface area contributed by atoms with E-state index in [-0.39, 0.29) is 38.8 Å². The molecule has 282 valence electrons. The van der Waals surface area contributed by atoms with Gasteiger partial charge in [0.2, 0.25) is 0 Å². The molecule has 0 fully saturated rings. The summed E-state index contributed by atoms with van der Waals surface area (Å²) in [6, 6.07) is 20.5. The van der Waals surface area contributed by atoms with E-state index in [0.717, 1.165) is 57.9 Å². The van der Waals surface area contributed by atoms with Crippen molar-refractivity contribution in [3.63, 3.8) is 0 Å². The van der Waals surface area contributed by atoms with Crippen LogP contribution in [0.25, 0.3) is 0 Å². The molecule has 0 amide bonds. The maximum absolute atomic E-state index is 14.2. The van der Waals surface area contributed by atoms with Gasteiger partial charge in [0.15, 0.2) is 5.78 Å². The number of carbonyl (C=O) groups is 2. The van der Waals surface area contributed by atoms with Crippen LogP contribution in [0.1, 0.15) is 153 Å². The molecule has 6 nitrogen and oxygen atoms in total. The lowest BCUT2D eigenvalue weighted by atomic mass is 9.69. The van der Waals surface area contributed by atoms with Crippen molar-refractivity contribution < 1.29 is 28.5 Å². The first-order valence-electron chi connectivity index (χ1n) is 19.4. The first-order valence-corrected chi connectivity index (χ1v) is 19.4. The molecule has 0 saturated heterocycles. The first kappa shape index (κ1) is 36.4. The summed E-state index contributed by atoms with van der Waals surface area (Å²) in [7, 11) is 1.70. The molecule has 0 bridgehead atoms. The van der Waals surface area contributed by atoms with Gasteiger partial charge in [0.1, 0.15) is 23.0 Å². The average Bonchev–Trinajstić information content (AvgIpc) is 3.43. The Balaban J connectivity index is 1.12. The number of esters is 1. The Hall–Kier alpha value is -4.58. The maximum Gasteiger partial charge on any atom is 0.343 e. The van der Waals surface area contributed by atoms with Crippen LogP contribution in [0.3, 0.4) is 0 Å². The fraction of sp³-hybridized carbons (Fsp3) is 0.458. The summed E-state index contributed by atoms with van der Waals surface area (Å²) < 4.78 is 25.6. The van der Waals surface area contributed by atoms with Crippen LogP contribution in [0, 0.1) is 13.8 Å². The zero-order valence-electron chi connectivity index (χ0n) is 34.1. The third-order valence-electron chi connectivity index (χ3n) is 13.1. The predicted molar refractivity (Wildman–Crippen MR) is 212 cm³/mol. The van der Waals surface area contributed by atoms with Crippen LogP contribution >= 0.6 is 0 Å². The van der Waals surface area contributed by atoms with Gasteiger partial charge in [-0.2, -0.15) is 0 Å². The van der Waals surface area contributed by atoms with Crippen molar-refractivity contribution in [1.29, 1.82) is 0 Å². The maximum atomic E-state index is 14.2. The molecule has 4 aliphatic rings. The highest BCUT2D eigenvalue weighted by molar-refractivity contribution is 5.95. The number of rotatable bonds is 4. The number of hydrogen-bond donors (Lipinski definition) is 0. The lowest BCUT2D eigenvalue weighted by Gasteiger charge is -2.51. The zero-order valence-corrected chi connectivity index (χ0v) is 34.1. The number of aryl methyl sites for hydroxylation is 2. The SMILES string of the molecule is COc1cc2c(cc1C)OC1(CC2(C)C)CC(C)(C)c2cc(OC(=O)c3ccc4c(c3)C3(CC(C)(C)c5ccc(C(C)=O)cc53)CC4(C)C)c(C)cc2O1. The van der Waals surface area contributed by atoms with E-state index in [1.54, 1.807) is 14.0 Å². The van der Waals surface area contributed by atoms with Crippen LogP contribution in [0.4, 0.5) is 0 Å². The highest BCUT2D eigenvalue weighted by Gasteiger charge is 2.57. The smallest absolute Gasteiger partial charge is 0.343 e. The number of fused-ring (bicyclic) bond motifs is 6. The first-order chi connectivity index (χ1) is 25.1. The molecule has 8 rings (SSSR count). The molecular weight excluding hydrogens is 673 g/mol. The van der Waals surface area contributed by atoms with Crippen molar-refractivity contribution in [1.82, 2.24) is 0 Å². The molecule has 4 aromatic rings. The van der Waals surface area contributed by atoms with E-state index in [9.17, 15) is 9.59 Å². The Morgan fingerprint density at radius 2 is 1.00 bits per heavy atom. The Bertz CT molecular complexity index is 2280. The van der Waals surface area contributed by atoms with Gasteiger partial charge in [0, 0.05) is 45.8 Å². The molecule has 2 atom stereocenters. The standard InChI is InChI=1S/C48H54O6/c1-27-17-40-36(21-38(27)51-12)45(8,9)25-48(53-40)26-46(10,11)37-22-39(28(2)18-41(37)54-48)52-42(50)31-14-16-33-35(20-31)47(24-44(33,6)7)23-43(4,5)32-15-13-30(29(3)49)19-34(32)47/h13-22H,23-26H2,1-12H3. The van der Waals surface area contributed by atoms with Gasteiger partial charge in [0.05, 0.1) is 12.7 Å². The minimum absolute atomic E-state index is 0.0631. The Labute approximate surface area is 320 Å². The molecule has 0 saturated carbocycles. The van der Waals surface area contributed by atoms with Crippen molar-refractivity contribution in [2.24, 2.45) is 0 Å². The molecule has 2 spiro atoms. The second kappa shape index (κ2) is 11.5. The fourth-order valence-corrected chi connectivity index (χ4v) is 10.9. The number of ketones is 1. The summed E-state index contributed by atoms with van der Waals surface area (Å²) in [5.74, 6) is 1.78. The molecule has 2 unspecified atom stereocenters. The summed E-state index contributed by atoms with van der Waals surface area (Å²) in [4.78, 5) is 26.7. The quantitative estimate of drug-likeness (QED) is 0.118. The van der Waals surface area contributed by atoms with Gasteiger partial charge < -0.3 is 18.9 Å². The third-order valence-corrected chi connectivity index (χ3v) is 13.1. The van der Waals surface area contributed by atoms with Crippen molar-refractivity contribution in [3.05, 3.63) is 116 Å². The van der Waals surface area contributed by atoms with Crippen LogP contribution in [-0.2, 0) is 27.1 Å². The summed E-state index contributed by atoms with van der Waals surface area (Å²) >= 11 is 0. The Morgan fingerprint density at radius 1 is 0.556 bits per heavy atom. The average molecular weight is 727 g/mol. The summed E-state index contributed by atoms with van der Waals surface area (Å²) in [6.45, 7) is 23.7. The number of Topliss-reactive ketones (excluding diaryl/α,β-unsaturated/α-hetero) is 1. The fourth-order valence-electron chi connectivity index (χ4n) is 10.9. The van der Waals surface area contributed by atoms with Crippen LogP contribution in [-0.4, -0.2) is 24.6 Å². The number of benzene rings is 4. The van der Waals surface area contributed by atoms with Crippen molar-refractivity contribution in [2.75, 3.05) is 7.11 Å². The van der Waals surface area contributed by atoms with Gasteiger partial charge in [-0.15, -0.1) is 0 Å². The third kappa shape index (κ3) is 5.41. The Kier molecular flexibility index (Phi) is 7.73. The molecule has 2 aliphatic heterocycles. The van der Waals surface area contributed by atoms with E-state index in [2.05, 4.69) is 91.8 Å². The van der Waals surface area contributed by atoms with Crippen molar-refractivity contribution in [3.8, 4) is 23.0 Å². The van der Waals surface area contributed by atoms with Crippen molar-refractivity contribution in [2.45, 2.75) is 135 Å². The van der Waals surface area contributed by atoms with E-state index in [4.69, 9.17) is 18.9 Å². The second-order valence-electron chi connectivity index (χ2n) is 19.3. The van der Waals surface area contributed by atoms with Gasteiger partial charge in [-0.05, 0) is 120 Å². The molecule has 2 aliphatic carbocycles. The normalized spacial score (nSPS) is 24.4. The number of methoxy groups -OCH3 is 1. The number of ether oxygens (including phenoxy) is 4. The number of hydrogen-bond acceptors (Lipinski definition) is 6. The summed E-state index contributed by atoms with van der Waals surface area (Å²) in [6.07, 6.45) is 3.12. The monoisotopic (exact) mass is 726 g/mol. The lowest BCUT2D eigenvalue weighted by molar-refractivity contribution is -0.166. The Morgan fingerprint density at radius 3 is 1.50 bits per heavy atom. The molecule has 0 N–H and O–H groups in total. The minimum Gasteiger partial charge on any atom is -0.496 e. The van der Waals surface area contributed by atoms with E-state index >= 15 is 0 Å². The van der Waals surface area contributed by atoms with Crippen LogP contribution in [0.2, 0.25) is 0 Å². The second-order valence-corrected chi connectivity index (χ2v) is 19.3. The largest absolute Gasteiger partial charge is 0.496 e. The van der Waals surface area contributed by atoms with Crippen LogP contribution in [0.15, 0.2) is 60.7 Å². The number of carbonyl (C=O) groups excluding carboxylic acids is 2. The van der Waals surface area contributed by atoms with E-state index in [0.29, 0.717) is 24.2 Å². The van der Waals surface area contributed by atoms with E-state index in [1.165, 1.54) is 22.3 Å². The van der Waals surface area contributed by atoms with E-state index in [1.807, 2.05) is 38.1 Å². The van der Waals surface area contributed by atoms with Crippen LogP contribution < -0.4 is 18.9 Å². The summed E-state index contributed by atoms with van der Waals surface area (Å²) in [5, 5.41) is 0. The van der Waals surface area contributed by atoms with Gasteiger partial charge >= 0.3 is 5.97 Å². The highest BCUT2D eigenvalue weighted by atomic mass is 16.7. The minimum atomic E-state index is -0.856. The van der Waals surface area contributed by atoms with Gasteiger partial charge in [0.25, 0.3) is 5.79 Å². The summed E-state index contributed by atoms with van der Waals surface area (Å²) in [5.41, 5.74) is 9.04. The highest BCUT2D eigenvalue weighted by Crippen LogP contribution is 2.63. The van der Waals surface area contributed by atoms with E-state index < -0.39 is 5.79 Å². The zero-order chi connectivity index (χ0) is 39.0. The predicted octanol–water partition coefficient (Wildman–Crippen LogP) is 10.9. The van der Waals surface area contributed by atoms with Crippen LogP contribution in [0.5, 0.6) is 23.0 Å². The molecule has 2 heterocycles. The van der Waals surface area contributed by atoms with Gasteiger partial charge in [-0.25, -0.2) is 4.79 Å². The van der Waals surface area contributed by atoms with Gasteiger partial charge in [-0.1, -0.05) is 73.6 Å². The lowest BCUT2D eigenvalue weighted by Crippen LogP contribution is -2.55. The molecule has 54 heavy (non-hydrogen) atoms. The molecule has 6 heteroatoms. The topological polar surface area (TPSA) is 71.1 Å².